The summed E-state index contributed by atoms with van der Waals surface area (Å²) in [4.78, 5) is 8.08. The average molecular weight is 1220 g/mol. The molecule has 0 saturated heterocycles. The highest BCUT2D eigenvalue weighted by molar-refractivity contribution is 7.26. The Labute approximate surface area is 553 Å². The van der Waals surface area contributed by atoms with E-state index in [0.29, 0.717) is 0 Å². The second-order valence-corrected chi connectivity index (χ2v) is 34.4. The first-order chi connectivity index (χ1) is 43.4. The highest BCUT2D eigenvalue weighted by Gasteiger charge is 2.52. The fourth-order valence-corrected chi connectivity index (χ4v) is 17.4. The lowest BCUT2D eigenvalue weighted by Crippen LogP contribution is -2.62. The summed E-state index contributed by atoms with van der Waals surface area (Å²) in [7, 11) is 0. The molecule has 0 unspecified atom stereocenters. The number of thiophene rings is 1. The van der Waals surface area contributed by atoms with Crippen LogP contribution >= 0.6 is 11.3 Å². The number of hydrogen-bond donors (Lipinski definition) is 0. The third kappa shape index (κ3) is 9.39. The van der Waals surface area contributed by atoms with Crippen LogP contribution in [0, 0.1) is 0 Å². The van der Waals surface area contributed by atoms with E-state index in [2.05, 4.69) is 333 Å². The molecule has 2 aliphatic carbocycles. The van der Waals surface area contributed by atoms with Crippen LogP contribution in [0.25, 0.3) is 53.6 Å². The molecule has 462 valence electrons. The number of hydrogen-bond acceptors (Lipinski definition) is 4. The third-order valence-corrected chi connectivity index (χ3v) is 22.9. The monoisotopic (exact) mass is 1220 g/mol. The van der Waals surface area contributed by atoms with E-state index in [1.54, 1.807) is 0 Å². The van der Waals surface area contributed by atoms with Gasteiger partial charge >= 0.3 is 6.85 Å². The Morgan fingerprint density at radius 2 is 0.978 bits per heavy atom. The molecule has 0 bridgehead atoms. The highest BCUT2D eigenvalue weighted by Crippen LogP contribution is 2.62. The molecule has 15 rings (SSSR count). The molecule has 5 heteroatoms. The van der Waals surface area contributed by atoms with Crippen LogP contribution in [0.5, 0.6) is 0 Å². The van der Waals surface area contributed by atoms with Crippen molar-refractivity contribution >= 4 is 94.8 Å². The number of fused-ring (bicyclic) bond motifs is 13. The summed E-state index contributed by atoms with van der Waals surface area (Å²) in [6.07, 6.45) is 2.34. The van der Waals surface area contributed by atoms with Gasteiger partial charge in [0.25, 0.3) is 0 Å². The third-order valence-electron chi connectivity index (χ3n) is 21.7. The van der Waals surface area contributed by atoms with Crippen LogP contribution in [-0.4, -0.2) is 6.85 Å². The molecule has 0 amide bonds. The second kappa shape index (κ2) is 20.4. The van der Waals surface area contributed by atoms with Crippen LogP contribution in [0.4, 0.5) is 45.5 Å². The number of nitrogens with zero attached hydrogens (tertiary/aromatic N) is 3. The Hall–Kier alpha value is -8.12. The maximum Gasteiger partial charge on any atom is 0.333 e. The molecule has 3 heterocycles. The lowest BCUT2D eigenvalue weighted by molar-refractivity contribution is 0.331. The van der Waals surface area contributed by atoms with Gasteiger partial charge in [-0.05, 0) is 202 Å². The molecule has 11 aromatic rings. The zero-order valence-electron chi connectivity index (χ0n) is 57.7. The largest absolute Gasteiger partial charge is 0.376 e. The van der Waals surface area contributed by atoms with E-state index in [4.69, 9.17) is 0 Å². The van der Waals surface area contributed by atoms with Gasteiger partial charge in [-0.15, -0.1) is 11.3 Å². The number of benzene rings is 10. The summed E-state index contributed by atoms with van der Waals surface area (Å²) in [5.41, 5.74) is 30.5. The van der Waals surface area contributed by atoms with Crippen molar-refractivity contribution in [2.75, 3.05) is 14.6 Å². The van der Waals surface area contributed by atoms with Crippen molar-refractivity contribution < 1.29 is 0 Å². The molecule has 2 aliphatic heterocycles. The summed E-state index contributed by atoms with van der Waals surface area (Å²) in [5, 5.41) is 2.60. The van der Waals surface area contributed by atoms with Gasteiger partial charge in [-0.2, -0.15) is 0 Å². The summed E-state index contributed by atoms with van der Waals surface area (Å²) in [5.74, 6) is 0. The van der Waals surface area contributed by atoms with Crippen molar-refractivity contribution in [3.63, 3.8) is 0 Å². The van der Waals surface area contributed by atoms with E-state index in [-0.39, 0.29) is 44.8 Å². The minimum atomic E-state index is -0.363. The zero-order chi connectivity index (χ0) is 64.7. The molecule has 92 heavy (non-hydrogen) atoms. The van der Waals surface area contributed by atoms with E-state index in [1.165, 1.54) is 145 Å². The predicted octanol–water partition coefficient (Wildman–Crippen LogP) is 23.7. The highest BCUT2D eigenvalue weighted by atomic mass is 32.1. The second-order valence-electron chi connectivity index (χ2n) is 33.3. The van der Waals surface area contributed by atoms with Gasteiger partial charge in [0.2, 0.25) is 0 Å². The molecule has 0 N–H and O–H groups in total. The lowest BCUT2D eigenvalue weighted by atomic mass is 9.43. The number of rotatable bonds is 6. The molecule has 0 radical (unpaired) electrons. The first-order valence-corrected chi connectivity index (χ1v) is 34.6. The van der Waals surface area contributed by atoms with Crippen molar-refractivity contribution in [1.82, 2.24) is 0 Å². The van der Waals surface area contributed by atoms with Gasteiger partial charge in [0.05, 0.1) is 5.69 Å². The van der Waals surface area contributed by atoms with E-state index < -0.39 is 0 Å². The molecule has 10 aromatic carbocycles. The molecule has 4 aliphatic rings. The summed E-state index contributed by atoms with van der Waals surface area (Å²) < 4.78 is 2.65. The first kappa shape index (κ1) is 60.1. The minimum Gasteiger partial charge on any atom is -0.376 e. The molecule has 0 fully saturated rings. The van der Waals surface area contributed by atoms with Crippen LogP contribution in [-0.2, 0) is 37.9 Å². The van der Waals surface area contributed by atoms with Gasteiger partial charge in [0.15, 0.2) is 0 Å². The fraction of sp³-hybridized carbons (Fsp3) is 0.310. The summed E-state index contributed by atoms with van der Waals surface area (Å²) in [6.45, 7) is 42.8. The van der Waals surface area contributed by atoms with Crippen LogP contribution < -0.4 is 25.5 Å². The Bertz CT molecular complexity index is 4780. The van der Waals surface area contributed by atoms with Crippen molar-refractivity contribution in [3.8, 4) is 33.4 Å². The maximum absolute atomic E-state index is 2.85. The van der Waals surface area contributed by atoms with Gasteiger partial charge in [-0.3, -0.25) is 0 Å². The predicted molar refractivity (Wildman–Crippen MR) is 401 cm³/mol. The van der Waals surface area contributed by atoms with Crippen molar-refractivity contribution in [2.45, 2.75) is 175 Å². The lowest BCUT2D eigenvalue weighted by Gasteiger charge is -2.48. The van der Waals surface area contributed by atoms with E-state index in [9.17, 15) is 0 Å². The van der Waals surface area contributed by atoms with Gasteiger partial charge in [-0.1, -0.05) is 234 Å². The summed E-state index contributed by atoms with van der Waals surface area (Å²) in [6, 6.07) is 76.6. The van der Waals surface area contributed by atoms with E-state index in [1.807, 2.05) is 11.3 Å². The Morgan fingerprint density at radius 3 is 1.61 bits per heavy atom. The Morgan fingerprint density at radius 1 is 0.424 bits per heavy atom. The van der Waals surface area contributed by atoms with Gasteiger partial charge in [-0.25, -0.2) is 0 Å². The van der Waals surface area contributed by atoms with Gasteiger partial charge in [0, 0.05) is 82.1 Å². The topological polar surface area (TPSA) is 9.72 Å². The Kier molecular flexibility index (Phi) is 13.4. The molecule has 3 nitrogen and oxygen atoms in total. The van der Waals surface area contributed by atoms with Gasteiger partial charge < -0.3 is 14.6 Å². The quantitative estimate of drug-likeness (QED) is 0.154. The molecular formula is C87H90BN3S. The van der Waals surface area contributed by atoms with Crippen molar-refractivity contribution in [1.29, 1.82) is 0 Å². The first-order valence-electron chi connectivity index (χ1n) is 33.8. The fourth-order valence-electron chi connectivity index (χ4n) is 16.1. The Balaban J connectivity index is 1.12. The van der Waals surface area contributed by atoms with Gasteiger partial charge in [0.1, 0.15) is 0 Å². The normalized spacial score (nSPS) is 16.0. The molecule has 0 saturated carbocycles. The van der Waals surface area contributed by atoms with Crippen LogP contribution in [0.2, 0.25) is 0 Å². The molecule has 1 aromatic heterocycles. The maximum atomic E-state index is 2.85. The zero-order valence-corrected chi connectivity index (χ0v) is 58.5. The number of anilines is 8. The smallest absolute Gasteiger partial charge is 0.333 e. The van der Waals surface area contributed by atoms with Crippen LogP contribution in [0.1, 0.15) is 182 Å². The van der Waals surface area contributed by atoms with E-state index >= 15 is 0 Å². The molecule has 0 atom stereocenters. The van der Waals surface area contributed by atoms with E-state index in [0.717, 1.165) is 22.7 Å². The van der Waals surface area contributed by atoms with Crippen molar-refractivity contribution in [2.24, 2.45) is 0 Å². The van der Waals surface area contributed by atoms with Crippen LogP contribution in [0.3, 0.4) is 0 Å². The minimum absolute atomic E-state index is 0.0413. The summed E-state index contributed by atoms with van der Waals surface area (Å²) >= 11 is 1.97. The van der Waals surface area contributed by atoms with Crippen LogP contribution in [0.15, 0.2) is 194 Å². The average Bonchev–Trinajstić information content (AvgIpc) is 1.08. The standard InChI is InChI=1S/C87H90BN3S/c1-81(2,3)54-34-37-58(38-35-54)91-79-64(41-40-63-66-50-69-70(52-68(66)87(17,18)77(63)79)86(15,16)45-44-85(69,13)14)76-78-74(51-67-62-32-22-23-33-75(62)92-80(67)76)90(72-42-36-57(84(10,11)12)48-65(72)53-26-20-19-21-27-53)73-43-39-61(49-71(73)88(78)91)89(59-30-24-28-55(46-59)82(4,5)6)60-31-25-29-56(47-60)83(7,8)9/h19-43,46-52H,44-45H2,1-18H3. The molecular weight excluding hydrogens is 1130 g/mol. The SMILES string of the molecule is CC(C)(C)c1ccc(N2B3c4cc(N(c5cccc(C(C)(C)C)c5)c5cccc(C(C)(C)C)c5)ccc4N(c4ccc(C(C)(C)C)cc4-c4ccccc4)c4cc5c(sc6ccccc65)c(c43)-c3ccc4c(c32)C(C)(C)c2cc3c(cc2-4)C(C)(C)CCC3(C)C)cc1. The van der Waals surface area contributed by atoms with Crippen molar-refractivity contribution in [3.05, 3.63) is 239 Å². The molecule has 0 spiro atoms.